The van der Waals surface area contributed by atoms with E-state index in [1.165, 1.54) is 6.42 Å². The lowest BCUT2D eigenvalue weighted by Gasteiger charge is -2.41. The summed E-state index contributed by atoms with van der Waals surface area (Å²) >= 11 is 0. The van der Waals surface area contributed by atoms with Crippen LogP contribution in [0.4, 0.5) is 0 Å². The lowest BCUT2D eigenvalue weighted by Crippen LogP contribution is -2.52. The first-order valence-electron chi connectivity index (χ1n) is 5.89. The second-order valence-electron chi connectivity index (χ2n) is 4.70. The molecule has 2 fully saturated rings. The first kappa shape index (κ1) is 10.7. The minimum Gasteiger partial charge on any atom is -0.342 e. The molecule has 2 aliphatic heterocycles. The molecule has 1 N–H and O–H groups in total. The molecule has 0 saturated carbocycles. The smallest absolute Gasteiger partial charge is 0.226 e. The molecule has 15 heavy (non-hydrogen) atoms. The maximum Gasteiger partial charge on any atom is 0.226 e. The Hall–Kier alpha value is -0.830. The highest BCUT2D eigenvalue weighted by atomic mass is 16.2. The Morgan fingerprint density at radius 3 is 2.67 bits per heavy atom. The summed E-state index contributed by atoms with van der Waals surface area (Å²) in [5, 5.41) is 3.44. The van der Waals surface area contributed by atoms with Crippen molar-refractivity contribution in [2.24, 2.45) is 11.8 Å². The first-order valence-corrected chi connectivity index (χ1v) is 5.89. The largest absolute Gasteiger partial charge is 0.342 e. The molecule has 1 amide bonds. The quantitative estimate of drug-likeness (QED) is 0.687. The van der Waals surface area contributed by atoms with Crippen molar-refractivity contribution < 1.29 is 4.79 Å². The van der Waals surface area contributed by atoms with E-state index in [4.69, 9.17) is 0 Å². The van der Waals surface area contributed by atoms with Crippen molar-refractivity contribution in [3.05, 3.63) is 12.2 Å². The van der Waals surface area contributed by atoms with E-state index in [1.807, 2.05) is 19.1 Å². The number of fused-ring (bicyclic) bond motifs is 2. The second kappa shape index (κ2) is 4.79. The molecule has 3 heteroatoms. The average Bonchev–Trinajstić information content (AvgIpc) is 2.25. The fraction of sp³-hybridized carbons (Fsp3) is 0.750. The van der Waals surface area contributed by atoms with Gasteiger partial charge < -0.3 is 10.2 Å². The van der Waals surface area contributed by atoms with Crippen molar-refractivity contribution in [3.8, 4) is 0 Å². The van der Waals surface area contributed by atoms with Crippen molar-refractivity contribution in [2.75, 3.05) is 26.2 Å². The van der Waals surface area contributed by atoms with Gasteiger partial charge in [0.05, 0.1) is 0 Å². The lowest BCUT2D eigenvalue weighted by atomic mass is 9.86. The number of carbonyl (C=O) groups is 1. The highest BCUT2D eigenvalue weighted by Crippen LogP contribution is 2.24. The maximum absolute atomic E-state index is 11.8. The number of piperidine rings is 2. The van der Waals surface area contributed by atoms with Crippen LogP contribution in [0.25, 0.3) is 0 Å². The van der Waals surface area contributed by atoms with Crippen molar-refractivity contribution in [1.82, 2.24) is 10.2 Å². The standard InChI is InChI=1S/C12H20N2O/c1-2-3-4-12(15)14-8-10-5-11(9-14)7-13-6-10/h2-3,10-11,13H,4-9H2,1H3. The fourth-order valence-corrected chi connectivity index (χ4v) is 2.66. The van der Waals surface area contributed by atoms with Crippen LogP contribution >= 0.6 is 0 Å². The van der Waals surface area contributed by atoms with E-state index in [1.54, 1.807) is 0 Å². The molecule has 2 bridgehead atoms. The van der Waals surface area contributed by atoms with Gasteiger partial charge in [0.15, 0.2) is 0 Å². The highest BCUT2D eigenvalue weighted by molar-refractivity contribution is 5.77. The number of hydrogen-bond acceptors (Lipinski definition) is 2. The molecule has 2 saturated heterocycles. The monoisotopic (exact) mass is 208 g/mol. The first-order chi connectivity index (χ1) is 7.29. The molecule has 2 atom stereocenters. The number of nitrogens with one attached hydrogen (secondary N) is 1. The van der Waals surface area contributed by atoms with Crippen LogP contribution in [0.5, 0.6) is 0 Å². The molecule has 0 aromatic heterocycles. The van der Waals surface area contributed by atoms with Gasteiger partial charge in [-0.3, -0.25) is 4.79 Å². The van der Waals surface area contributed by atoms with Gasteiger partial charge in [-0.1, -0.05) is 12.2 Å². The van der Waals surface area contributed by atoms with Crippen LogP contribution in [0.3, 0.4) is 0 Å². The zero-order valence-electron chi connectivity index (χ0n) is 9.41. The van der Waals surface area contributed by atoms with Crippen LogP contribution in [-0.2, 0) is 4.79 Å². The van der Waals surface area contributed by atoms with Crippen molar-refractivity contribution in [1.29, 1.82) is 0 Å². The van der Waals surface area contributed by atoms with E-state index in [2.05, 4.69) is 10.2 Å². The molecule has 0 aromatic carbocycles. The minimum atomic E-state index is 0.296. The van der Waals surface area contributed by atoms with Crippen molar-refractivity contribution >= 4 is 5.91 Å². The topological polar surface area (TPSA) is 32.3 Å². The van der Waals surface area contributed by atoms with Crippen molar-refractivity contribution in [2.45, 2.75) is 19.8 Å². The molecule has 2 aliphatic rings. The summed E-state index contributed by atoms with van der Waals surface area (Å²) in [6.07, 6.45) is 5.78. The number of allylic oxidation sites excluding steroid dienone is 1. The van der Waals surface area contributed by atoms with Crippen LogP contribution in [0.2, 0.25) is 0 Å². The third-order valence-electron chi connectivity index (χ3n) is 3.37. The Balaban J connectivity index is 1.90. The van der Waals surface area contributed by atoms with E-state index in [0.717, 1.165) is 26.2 Å². The zero-order chi connectivity index (χ0) is 10.7. The third-order valence-corrected chi connectivity index (χ3v) is 3.37. The van der Waals surface area contributed by atoms with Gasteiger partial charge in [-0.05, 0) is 38.3 Å². The van der Waals surface area contributed by atoms with E-state index in [9.17, 15) is 4.79 Å². The number of rotatable bonds is 2. The minimum absolute atomic E-state index is 0.296. The third kappa shape index (κ3) is 2.59. The molecular weight excluding hydrogens is 188 g/mol. The van der Waals surface area contributed by atoms with Crippen LogP contribution in [0.1, 0.15) is 19.8 Å². The summed E-state index contributed by atoms with van der Waals surface area (Å²) < 4.78 is 0. The van der Waals surface area contributed by atoms with Crippen LogP contribution in [0.15, 0.2) is 12.2 Å². The Morgan fingerprint density at radius 2 is 2.07 bits per heavy atom. The van der Waals surface area contributed by atoms with Gasteiger partial charge in [0.25, 0.3) is 0 Å². The molecule has 0 radical (unpaired) electrons. The molecule has 0 aliphatic carbocycles. The van der Waals surface area contributed by atoms with Gasteiger partial charge in [-0.25, -0.2) is 0 Å². The number of amides is 1. The Morgan fingerprint density at radius 1 is 1.40 bits per heavy atom. The fourth-order valence-electron chi connectivity index (χ4n) is 2.66. The predicted octanol–water partition coefficient (Wildman–Crippen LogP) is 1.02. The van der Waals surface area contributed by atoms with E-state index < -0.39 is 0 Å². The molecule has 84 valence electrons. The number of likely N-dealkylation sites (tertiary alicyclic amines) is 1. The Bertz CT molecular complexity index is 250. The Kier molecular flexibility index (Phi) is 3.41. The summed E-state index contributed by atoms with van der Waals surface area (Å²) in [5.74, 6) is 1.67. The summed E-state index contributed by atoms with van der Waals surface area (Å²) in [4.78, 5) is 13.9. The molecule has 3 nitrogen and oxygen atoms in total. The predicted molar refractivity (Wildman–Crippen MR) is 60.5 cm³/mol. The molecule has 0 spiro atoms. The average molecular weight is 208 g/mol. The van der Waals surface area contributed by atoms with E-state index in [-0.39, 0.29) is 0 Å². The summed E-state index contributed by atoms with van der Waals surface area (Å²) in [6, 6.07) is 0. The van der Waals surface area contributed by atoms with Crippen LogP contribution in [0, 0.1) is 11.8 Å². The van der Waals surface area contributed by atoms with Crippen LogP contribution in [-0.4, -0.2) is 37.0 Å². The van der Waals surface area contributed by atoms with E-state index >= 15 is 0 Å². The lowest BCUT2D eigenvalue weighted by molar-refractivity contribution is -0.133. The SMILES string of the molecule is CC=CCC(=O)N1CC2CNCC(C2)C1. The highest BCUT2D eigenvalue weighted by Gasteiger charge is 2.31. The normalized spacial score (nSPS) is 30.9. The van der Waals surface area contributed by atoms with Gasteiger partial charge in [0.1, 0.15) is 0 Å². The molecule has 0 aromatic rings. The van der Waals surface area contributed by atoms with Gasteiger partial charge in [0.2, 0.25) is 5.91 Å². The number of hydrogen-bond donors (Lipinski definition) is 1. The summed E-state index contributed by atoms with van der Waals surface area (Å²) in [7, 11) is 0. The summed E-state index contributed by atoms with van der Waals surface area (Å²) in [5.41, 5.74) is 0. The molecule has 2 unspecified atom stereocenters. The van der Waals surface area contributed by atoms with Gasteiger partial charge >= 0.3 is 0 Å². The van der Waals surface area contributed by atoms with Gasteiger partial charge in [0, 0.05) is 19.5 Å². The van der Waals surface area contributed by atoms with Gasteiger partial charge in [-0.15, -0.1) is 0 Å². The number of nitrogens with zero attached hydrogens (tertiary/aromatic N) is 1. The Labute approximate surface area is 91.5 Å². The summed E-state index contributed by atoms with van der Waals surface area (Å²) in [6.45, 7) is 6.05. The molecular formula is C12H20N2O. The van der Waals surface area contributed by atoms with Crippen LogP contribution < -0.4 is 5.32 Å². The molecule has 2 heterocycles. The van der Waals surface area contributed by atoms with Crippen molar-refractivity contribution in [3.63, 3.8) is 0 Å². The molecule has 2 rings (SSSR count). The zero-order valence-corrected chi connectivity index (χ0v) is 9.41. The second-order valence-corrected chi connectivity index (χ2v) is 4.70. The van der Waals surface area contributed by atoms with E-state index in [0.29, 0.717) is 24.2 Å². The number of carbonyl (C=O) groups excluding carboxylic acids is 1. The maximum atomic E-state index is 11.8. The van der Waals surface area contributed by atoms with Gasteiger partial charge in [-0.2, -0.15) is 0 Å².